The SMILES string of the molecule is C[C@@H](NC1CCC(C(F)(F)F)CC1)C1CCCCCC1. The molecule has 0 aromatic heterocycles. The molecule has 0 bridgehead atoms. The first-order chi connectivity index (χ1) is 9.47. The predicted octanol–water partition coefficient (Wildman–Crippen LogP) is 5.06. The number of alkyl halides is 3. The predicted molar refractivity (Wildman–Crippen MR) is 75.6 cm³/mol. The van der Waals surface area contributed by atoms with Crippen LogP contribution in [0.2, 0.25) is 0 Å². The molecule has 0 amide bonds. The lowest BCUT2D eigenvalue weighted by atomic mass is 9.84. The molecule has 2 aliphatic rings. The van der Waals surface area contributed by atoms with Gasteiger partial charge in [0.1, 0.15) is 0 Å². The minimum Gasteiger partial charge on any atom is -0.311 e. The quantitative estimate of drug-likeness (QED) is 0.717. The van der Waals surface area contributed by atoms with Crippen LogP contribution in [0.15, 0.2) is 0 Å². The third kappa shape index (κ3) is 4.64. The van der Waals surface area contributed by atoms with E-state index in [0.717, 1.165) is 5.92 Å². The summed E-state index contributed by atoms with van der Waals surface area (Å²) in [5.74, 6) is -0.341. The van der Waals surface area contributed by atoms with Crippen molar-refractivity contribution < 1.29 is 13.2 Å². The lowest BCUT2D eigenvalue weighted by Crippen LogP contribution is -2.44. The van der Waals surface area contributed by atoms with Crippen LogP contribution >= 0.6 is 0 Å². The minimum absolute atomic E-state index is 0.298. The molecule has 4 heteroatoms. The molecule has 0 spiro atoms. The van der Waals surface area contributed by atoms with Gasteiger partial charge in [-0.15, -0.1) is 0 Å². The summed E-state index contributed by atoms with van der Waals surface area (Å²) in [6, 6.07) is 0.757. The van der Waals surface area contributed by atoms with Crippen molar-refractivity contribution in [3.63, 3.8) is 0 Å². The van der Waals surface area contributed by atoms with E-state index < -0.39 is 12.1 Å². The zero-order valence-electron chi connectivity index (χ0n) is 12.5. The Morgan fingerprint density at radius 2 is 1.40 bits per heavy atom. The van der Waals surface area contributed by atoms with Crippen molar-refractivity contribution in [1.82, 2.24) is 5.32 Å². The number of hydrogen-bond acceptors (Lipinski definition) is 1. The Morgan fingerprint density at radius 3 is 1.90 bits per heavy atom. The van der Waals surface area contributed by atoms with Gasteiger partial charge in [-0.25, -0.2) is 0 Å². The average molecular weight is 291 g/mol. The van der Waals surface area contributed by atoms with E-state index in [1.54, 1.807) is 0 Å². The van der Waals surface area contributed by atoms with Crippen molar-refractivity contribution in [1.29, 1.82) is 0 Å². The second-order valence-electron chi connectivity index (χ2n) is 6.80. The van der Waals surface area contributed by atoms with Crippen molar-refractivity contribution in [2.24, 2.45) is 11.8 Å². The van der Waals surface area contributed by atoms with Gasteiger partial charge >= 0.3 is 6.18 Å². The molecule has 2 rings (SSSR count). The fraction of sp³-hybridized carbons (Fsp3) is 1.00. The summed E-state index contributed by atoms with van der Waals surface area (Å²) in [5, 5.41) is 3.62. The number of halogens is 3. The van der Waals surface area contributed by atoms with Crippen molar-refractivity contribution in [3.8, 4) is 0 Å². The molecule has 0 unspecified atom stereocenters. The van der Waals surface area contributed by atoms with Crippen molar-refractivity contribution in [2.75, 3.05) is 0 Å². The van der Waals surface area contributed by atoms with Crippen LogP contribution < -0.4 is 5.32 Å². The van der Waals surface area contributed by atoms with E-state index >= 15 is 0 Å². The second kappa shape index (κ2) is 7.15. The van der Waals surface area contributed by atoms with Gasteiger partial charge in [-0.3, -0.25) is 0 Å². The third-order valence-corrected chi connectivity index (χ3v) is 5.30. The first-order valence-electron chi connectivity index (χ1n) is 8.29. The van der Waals surface area contributed by atoms with Gasteiger partial charge in [0.15, 0.2) is 0 Å². The van der Waals surface area contributed by atoms with E-state index in [9.17, 15) is 13.2 Å². The summed E-state index contributed by atoms with van der Waals surface area (Å²) >= 11 is 0. The summed E-state index contributed by atoms with van der Waals surface area (Å²) < 4.78 is 37.9. The molecule has 2 fully saturated rings. The molecule has 0 saturated heterocycles. The molecule has 20 heavy (non-hydrogen) atoms. The molecule has 0 aromatic carbocycles. The first-order valence-corrected chi connectivity index (χ1v) is 8.29. The molecule has 2 saturated carbocycles. The van der Waals surface area contributed by atoms with E-state index in [0.29, 0.717) is 37.8 Å². The summed E-state index contributed by atoms with van der Waals surface area (Å²) in [7, 11) is 0. The highest BCUT2D eigenvalue weighted by molar-refractivity contribution is 4.84. The number of nitrogens with one attached hydrogen (secondary N) is 1. The molecule has 1 nitrogen and oxygen atoms in total. The van der Waals surface area contributed by atoms with Crippen LogP contribution in [0.1, 0.15) is 71.1 Å². The zero-order chi connectivity index (χ0) is 14.6. The maximum Gasteiger partial charge on any atom is 0.391 e. The zero-order valence-corrected chi connectivity index (χ0v) is 12.5. The molecule has 0 aliphatic heterocycles. The number of rotatable bonds is 3. The van der Waals surface area contributed by atoms with E-state index in [1.807, 2.05) is 0 Å². The van der Waals surface area contributed by atoms with E-state index in [-0.39, 0.29) is 0 Å². The Kier molecular flexibility index (Phi) is 5.76. The summed E-state index contributed by atoms with van der Waals surface area (Å²) in [4.78, 5) is 0. The maximum atomic E-state index is 12.6. The van der Waals surface area contributed by atoms with Gasteiger partial charge in [-0.2, -0.15) is 13.2 Å². The van der Waals surface area contributed by atoms with Gasteiger partial charge in [-0.05, 0) is 51.4 Å². The van der Waals surface area contributed by atoms with Gasteiger partial charge in [0.25, 0.3) is 0 Å². The topological polar surface area (TPSA) is 12.0 Å². The Hall–Kier alpha value is -0.250. The highest BCUT2D eigenvalue weighted by atomic mass is 19.4. The highest BCUT2D eigenvalue weighted by Crippen LogP contribution is 2.37. The maximum absolute atomic E-state index is 12.6. The Labute approximate surface area is 120 Å². The second-order valence-corrected chi connectivity index (χ2v) is 6.80. The van der Waals surface area contributed by atoms with Crippen molar-refractivity contribution in [3.05, 3.63) is 0 Å². The molecular weight excluding hydrogens is 263 g/mol. The van der Waals surface area contributed by atoms with Crippen LogP contribution in [-0.2, 0) is 0 Å². The van der Waals surface area contributed by atoms with Crippen LogP contribution in [0.25, 0.3) is 0 Å². The van der Waals surface area contributed by atoms with Crippen molar-refractivity contribution in [2.45, 2.75) is 89.4 Å². The normalized spacial score (nSPS) is 31.8. The van der Waals surface area contributed by atoms with Crippen LogP contribution in [0, 0.1) is 11.8 Å². The summed E-state index contributed by atoms with van der Waals surface area (Å²) in [6.45, 7) is 2.23. The standard InChI is InChI=1S/C16H28F3N/c1-12(13-6-4-2-3-5-7-13)20-15-10-8-14(9-11-15)16(17,18)19/h12-15,20H,2-11H2,1H3/t12-,14?,15?/m1/s1. The molecule has 2 aliphatic carbocycles. The van der Waals surface area contributed by atoms with E-state index in [4.69, 9.17) is 0 Å². The fourth-order valence-corrected chi connectivity index (χ4v) is 3.91. The highest BCUT2D eigenvalue weighted by Gasteiger charge is 2.41. The van der Waals surface area contributed by atoms with Gasteiger partial charge in [0, 0.05) is 12.1 Å². The van der Waals surface area contributed by atoms with Gasteiger partial charge in [-0.1, -0.05) is 25.7 Å². The Morgan fingerprint density at radius 1 is 0.850 bits per heavy atom. The van der Waals surface area contributed by atoms with Crippen LogP contribution in [0.4, 0.5) is 13.2 Å². The molecular formula is C16H28F3N. The fourth-order valence-electron chi connectivity index (χ4n) is 3.91. The van der Waals surface area contributed by atoms with Gasteiger partial charge < -0.3 is 5.32 Å². The third-order valence-electron chi connectivity index (χ3n) is 5.30. The smallest absolute Gasteiger partial charge is 0.311 e. The van der Waals surface area contributed by atoms with E-state index in [1.165, 1.54) is 38.5 Å². The lowest BCUT2D eigenvalue weighted by molar-refractivity contribution is -0.182. The van der Waals surface area contributed by atoms with Gasteiger partial charge in [0.2, 0.25) is 0 Å². The van der Waals surface area contributed by atoms with E-state index in [2.05, 4.69) is 12.2 Å². The Balaban J connectivity index is 1.74. The number of hydrogen-bond donors (Lipinski definition) is 1. The Bertz CT molecular complexity index is 274. The van der Waals surface area contributed by atoms with Crippen molar-refractivity contribution >= 4 is 0 Å². The lowest BCUT2D eigenvalue weighted by Gasteiger charge is -2.34. The average Bonchev–Trinajstić information content (AvgIpc) is 2.67. The largest absolute Gasteiger partial charge is 0.391 e. The minimum atomic E-state index is -3.99. The van der Waals surface area contributed by atoms with Crippen LogP contribution in [0.5, 0.6) is 0 Å². The molecule has 0 aromatic rings. The first kappa shape index (κ1) is 16.1. The molecule has 0 heterocycles. The summed E-state index contributed by atoms with van der Waals surface area (Å²) in [6.07, 6.45) is 5.88. The molecule has 1 atom stereocenters. The van der Waals surface area contributed by atoms with Crippen LogP contribution in [0.3, 0.4) is 0 Å². The monoisotopic (exact) mass is 291 g/mol. The van der Waals surface area contributed by atoms with Crippen LogP contribution in [-0.4, -0.2) is 18.3 Å². The molecule has 118 valence electrons. The van der Waals surface area contributed by atoms with Gasteiger partial charge in [0.05, 0.1) is 5.92 Å². The molecule has 1 N–H and O–H groups in total. The summed E-state index contributed by atoms with van der Waals surface area (Å²) in [5.41, 5.74) is 0. The molecule has 0 radical (unpaired) electrons.